The smallest absolute Gasteiger partial charge is 0.0309 e. The van der Waals surface area contributed by atoms with Gasteiger partial charge in [0.2, 0.25) is 0 Å². The van der Waals surface area contributed by atoms with Crippen molar-refractivity contribution < 1.29 is 0 Å². The van der Waals surface area contributed by atoms with Gasteiger partial charge in [-0.15, -0.1) is 0 Å². The summed E-state index contributed by atoms with van der Waals surface area (Å²) in [6, 6.07) is 0.717. The Labute approximate surface area is 120 Å². The SMILES string of the molecule is CC(C)C1CNC(C)(C2CC2)CN1CCC(C)(C)C. The molecule has 1 N–H and O–H groups in total. The maximum Gasteiger partial charge on any atom is 0.0309 e. The summed E-state index contributed by atoms with van der Waals surface area (Å²) >= 11 is 0. The van der Waals surface area contributed by atoms with Gasteiger partial charge in [0, 0.05) is 24.7 Å². The molecule has 2 rings (SSSR count). The van der Waals surface area contributed by atoms with Gasteiger partial charge in [-0.1, -0.05) is 34.6 Å². The first-order valence-electron chi connectivity index (χ1n) is 8.20. The fourth-order valence-electron chi connectivity index (χ4n) is 3.44. The van der Waals surface area contributed by atoms with Crippen molar-refractivity contribution in [3.8, 4) is 0 Å². The zero-order valence-corrected chi connectivity index (χ0v) is 13.9. The van der Waals surface area contributed by atoms with Crippen LogP contribution in [0, 0.1) is 17.3 Å². The second-order valence-corrected chi connectivity index (χ2v) is 8.67. The van der Waals surface area contributed by atoms with Crippen molar-refractivity contribution in [2.75, 3.05) is 19.6 Å². The van der Waals surface area contributed by atoms with Crippen LogP contribution in [0.4, 0.5) is 0 Å². The minimum Gasteiger partial charge on any atom is -0.308 e. The summed E-state index contributed by atoms with van der Waals surface area (Å²) in [5.41, 5.74) is 0.825. The van der Waals surface area contributed by atoms with E-state index < -0.39 is 0 Å². The highest BCUT2D eigenvalue weighted by Gasteiger charge is 2.46. The van der Waals surface area contributed by atoms with E-state index in [1.807, 2.05) is 0 Å². The Hall–Kier alpha value is -0.0800. The van der Waals surface area contributed by atoms with Crippen molar-refractivity contribution in [3.63, 3.8) is 0 Å². The van der Waals surface area contributed by atoms with Gasteiger partial charge in [-0.2, -0.15) is 0 Å². The van der Waals surface area contributed by atoms with Crippen LogP contribution in [0.1, 0.15) is 60.8 Å². The summed E-state index contributed by atoms with van der Waals surface area (Å²) in [5.74, 6) is 1.67. The van der Waals surface area contributed by atoms with Crippen LogP contribution in [-0.2, 0) is 0 Å². The van der Waals surface area contributed by atoms with Gasteiger partial charge < -0.3 is 5.32 Å². The van der Waals surface area contributed by atoms with Crippen molar-refractivity contribution >= 4 is 0 Å². The standard InChI is InChI=1S/C17H34N2/c1-13(2)15-11-18-17(6,14-7-8-14)12-19(15)10-9-16(3,4)5/h13-15,18H,7-12H2,1-6H3. The van der Waals surface area contributed by atoms with Crippen molar-refractivity contribution in [2.24, 2.45) is 17.3 Å². The van der Waals surface area contributed by atoms with Crippen LogP contribution in [-0.4, -0.2) is 36.1 Å². The molecule has 2 aliphatic rings. The lowest BCUT2D eigenvalue weighted by Crippen LogP contribution is -2.65. The maximum atomic E-state index is 3.87. The topological polar surface area (TPSA) is 15.3 Å². The van der Waals surface area contributed by atoms with Gasteiger partial charge in [0.25, 0.3) is 0 Å². The van der Waals surface area contributed by atoms with Gasteiger partial charge in [0.15, 0.2) is 0 Å². The molecule has 2 fully saturated rings. The molecule has 1 saturated carbocycles. The number of piperazine rings is 1. The molecule has 1 saturated heterocycles. The molecule has 1 heterocycles. The summed E-state index contributed by atoms with van der Waals surface area (Å²) in [5, 5.41) is 3.87. The first-order chi connectivity index (χ1) is 8.71. The summed E-state index contributed by atoms with van der Waals surface area (Å²) in [4.78, 5) is 2.78. The number of rotatable bonds is 4. The Kier molecular flexibility index (Phi) is 4.32. The van der Waals surface area contributed by atoms with Crippen molar-refractivity contribution in [2.45, 2.75) is 72.4 Å². The molecule has 0 aromatic rings. The highest BCUT2D eigenvalue weighted by molar-refractivity contribution is 5.04. The third kappa shape index (κ3) is 3.95. The van der Waals surface area contributed by atoms with E-state index in [2.05, 4.69) is 51.8 Å². The molecule has 0 aromatic carbocycles. The zero-order valence-electron chi connectivity index (χ0n) is 13.9. The normalized spacial score (nSPS) is 33.9. The summed E-state index contributed by atoms with van der Waals surface area (Å²) in [6.07, 6.45) is 4.17. The lowest BCUT2D eigenvalue weighted by Gasteiger charge is -2.48. The first-order valence-corrected chi connectivity index (χ1v) is 8.20. The molecule has 0 bridgehead atoms. The highest BCUT2D eigenvalue weighted by Crippen LogP contribution is 2.42. The largest absolute Gasteiger partial charge is 0.308 e. The quantitative estimate of drug-likeness (QED) is 0.837. The van der Waals surface area contributed by atoms with Crippen molar-refractivity contribution in [1.82, 2.24) is 10.2 Å². The lowest BCUT2D eigenvalue weighted by molar-refractivity contribution is 0.0444. The Balaban J connectivity index is 2.00. The lowest BCUT2D eigenvalue weighted by atomic mass is 9.86. The monoisotopic (exact) mass is 266 g/mol. The van der Waals surface area contributed by atoms with Gasteiger partial charge in [0.1, 0.15) is 0 Å². The van der Waals surface area contributed by atoms with Gasteiger partial charge >= 0.3 is 0 Å². The van der Waals surface area contributed by atoms with E-state index in [4.69, 9.17) is 0 Å². The second kappa shape index (κ2) is 5.37. The molecule has 2 nitrogen and oxygen atoms in total. The van der Waals surface area contributed by atoms with E-state index in [0.717, 1.165) is 11.8 Å². The average molecular weight is 266 g/mol. The Morgan fingerprint density at radius 3 is 2.37 bits per heavy atom. The molecule has 0 aromatic heterocycles. The van der Waals surface area contributed by atoms with Gasteiger partial charge in [-0.25, -0.2) is 0 Å². The summed E-state index contributed by atoms with van der Waals surface area (Å²) in [6.45, 7) is 18.0. The molecule has 0 radical (unpaired) electrons. The van der Waals surface area contributed by atoms with Crippen LogP contribution >= 0.6 is 0 Å². The Bertz CT molecular complexity index is 301. The van der Waals surface area contributed by atoms with E-state index in [9.17, 15) is 0 Å². The van der Waals surface area contributed by atoms with E-state index in [-0.39, 0.29) is 0 Å². The molecule has 19 heavy (non-hydrogen) atoms. The van der Waals surface area contributed by atoms with Crippen LogP contribution < -0.4 is 5.32 Å². The maximum absolute atomic E-state index is 3.87. The minimum absolute atomic E-state index is 0.378. The summed E-state index contributed by atoms with van der Waals surface area (Å²) < 4.78 is 0. The second-order valence-electron chi connectivity index (χ2n) is 8.67. The van der Waals surface area contributed by atoms with E-state index in [1.165, 1.54) is 38.9 Å². The average Bonchev–Trinajstić information content (AvgIpc) is 3.09. The number of nitrogens with one attached hydrogen (secondary N) is 1. The van der Waals surface area contributed by atoms with E-state index in [1.54, 1.807) is 0 Å². The third-order valence-corrected chi connectivity index (χ3v) is 5.11. The fourth-order valence-corrected chi connectivity index (χ4v) is 3.44. The van der Waals surface area contributed by atoms with Crippen LogP contribution in [0.2, 0.25) is 0 Å². The zero-order chi connectivity index (χ0) is 14.3. The van der Waals surface area contributed by atoms with Crippen molar-refractivity contribution in [3.05, 3.63) is 0 Å². The Morgan fingerprint density at radius 1 is 1.26 bits per heavy atom. The molecule has 2 heteroatoms. The molecule has 0 amide bonds. The molecule has 1 aliphatic carbocycles. The van der Waals surface area contributed by atoms with Gasteiger partial charge in [-0.3, -0.25) is 4.90 Å². The van der Waals surface area contributed by atoms with E-state index >= 15 is 0 Å². The van der Waals surface area contributed by atoms with Gasteiger partial charge in [-0.05, 0) is 50.0 Å². The van der Waals surface area contributed by atoms with Crippen LogP contribution in [0.3, 0.4) is 0 Å². The molecular weight excluding hydrogens is 232 g/mol. The third-order valence-electron chi connectivity index (χ3n) is 5.11. The number of hydrogen-bond acceptors (Lipinski definition) is 2. The molecule has 0 spiro atoms. The Morgan fingerprint density at radius 2 is 1.89 bits per heavy atom. The summed E-state index contributed by atoms with van der Waals surface area (Å²) in [7, 11) is 0. The van der Waals surface area contributed by atoms with Crippen LogP contribution in [0.15, 0.2) is 0 Å². The predicted octanol–water partition coefficient (Wildman–Crippen LogP) is 3.52. The van der Waals surface area contributed by atoms with Gasteiger partial charge in [0.05, 0.1) is 0 Å². The molecule has 112 valence electrons. The molecule has 2 unspecified atom stereocenters. The first kappa shape index (κ1) is 15.3. The number of nitrogens with zero attached hydrogens (tertiary/aromatic N) is 1. The molecule has 1 aliphatic heterocycles. The van der Waals surface area contributed by atoms with Crippen molar-refractivity contribution in [1.29, 1.82) is 0 Å². The molecule has 2 atom stereocenters. The minimum atomic E-state index is 0.378. The number of hydrogen-bond donors (Lipinski definition) is 1. The predicted molar refractivity (Wildman–Crippen MR) is 83.4 cm³/mol. The highest BCUT2D eigenvalue weighted by atomic mass is 15.3. The van der Waals surface area contributed by atoms with E-state index in [0.29, 0.717) is 17.0 Å². The van der Waals surface area contributed by atoms with Crippen LogP contribution in [0.25, 0.3) is 0 Å². The van der Waals surface area contributed by atoms with Crippen LogP contribution in [0.5, 0.6) is 0 Å². The molecular formula is C17H34N2. The fraction of sp³-hybridized carbons (Fsp3) is 1.00.